The van der Waals surface area contributed by atoms with E-state index < -0.39 is 12.0 Å². The SMILES string of the molecule is CC(CCc1ccc(C(N)=O)cc1)NC[C@H](O)COc1ccccc1. The van der Waals surface area contributed by atoms with Crippen LogP contribution in [-0.2, 0) is 6.42 Å². The summed E-state index contributed by atoms with van der Waals surface area (Å²) in [6, 6.07) is 17.1. The molecule has 0 heterocycles. The molecule has 0 bridgehead atoms. The molecule has 5 nitrogen and oxygen atoms in total. The molecular weight excluding hydrogens is 316 g/mol. The van der Waals surface area contributed by atoms with Gasteiger partial charge in [0.2, 0.25) is 5.91 Å². The number of primary amides is 1. The van der Waals surface area contributed by atoms with E-state index in [1.165, 1.54) is 0 Å². The van der Waals surface area contributed by atoms with Crippen LogP contribution in [0, 0.1) is 0 Å². The van der Waals surface area contributed by atoms with Crippen LogP contribution in [-0.4, -0.2) is 36.3 Å². The first kappa shape index (κ1) is 19.0. The second-order valence-electron chi connectivity index (χ2n) is 6.19. The maximum absolute atomic E-state index is 11.0. The Labute approximate surface area is 148 Å². The Morgan fingerprint density at radius 2 is 1.84 bits per heavy atom. The number of amides is 1. The van der Waals surface area contributed by atoms with Crippen molar-refractivity contribution >= 4 is 5.91 Å². The van der Waals surface area contributed by atoms with E-state index in [0.717, 1.165) is 24.2 Å². The van der Waals surface area contributed by atoms with Crippen LogP contribution < -0.4 is 15.8 Å². The molecule has 5 heteroatoms. The Kier molecular flexibility index (Phi) is 7.44. The number of aliphatic hydroxyl groups excluding tert-OH is 1. The maximum Gasteiger partial charge on any atom is 0.248 e. The summed E-state index contributed by atoms with van der Waals surface area (Å²) in [5, 5.41) is 13.3. The van der Waals surface area contributed by atoms with E-state index in [1.54, 1.807) is 12.1 Å². The Hall–Kier alpha value is -2.37. The molecule has 0 saturated carbocycles. The summed E-state index contributed by atoms with van der Waals surface area (Å²) in [5.41, 5.74) is 6.92. The van der Waals surface area contributed by atoms with Crippen molar-refractivity contribution in [3.63, 3.8) is 0 Å². The number of carbonyl (C=O) groups excluding carboxylic acids is 1. The molecular formula is C20H26N2O3. The van der Waals surface area contributed by atoms with Gasteiger partial charge in [-0.05, 0) is 49.6 Å². The van der Waals surface area contributed by atoms with Gasteiger partial charge in [-0.25, -0.2) is 0 Å². The second-order valence-corrected chi connectivity index (χ2v) is 6.19. The number of para-hydroxylation sites is 1. The fourth-order valence-electron chi connectivity index (χ4n) is 2.43. The third-order valence-corrected chi connectivity index (χ3v) is 3.99. The lowest BCUT2D eigenvalue weighted by Gasteiger charge is -2.17. The van der Waals surface area contributed by atoms with Gasteiger partial charge in [-0.1, -0.05) is 30.3 Å². The van der Waals surface area contributed by atoms with Crippen molar-refractivity contribution in [1.29, 1.82) is 0 Å². The molecule has 2 atom stereocenters. The van der Waals surface area contributed by atoms with Crippen molar-refractivity contribution in [2.75, 3.05) is 13.2 Å². The van der Waals surface area contributed by atoms with E-state index in [4.69, 9.17) is 10.5 Å². The van der Waals surface area contributed by atoms with E-state index in [1.807, 2.05) is 42.5 Å². The van der Waals surface area contributed by atoms with Gasteiger partial charge in [0, 0.05) is 18.2 Å². The zero-order valence-electron chi connectivity index (χ0n) is 14.5. The number of benzene rings is 2. The van der Waals surface area contributed by atoms with Crippen LogP contribution >= 0.6 is 0 Å². The molecule has 1 amide bonds. The minimum absolute atomic E-state index is 0.262. The molecule has 2 rings (SSSR count). The van der Waals surface area contributed by atoms with Crippen molar-refractivity contribution in [2.45, 2.75) is 31.9 Å². The average Bonchev–Trinajstić information content (AvgIpc) is 2.64. The summed E-state index contributed by atoms with van der Waals surface area (Å²) >= 11 is 0. The molecule has 0 aliphatic heterocycles. The summed E-state index contributed by atoms with van der Waals surface area (Å²) in [6.45, 7) is 2.83. The molecule has 0 aromatic heterocycles. The molecule has 0 radical (unpaired) electrons. The number of aliphatic hydroxyl groups is 1. The van der Waals surface area contributed by atoms with E-state index in [2.05, 4.69) is 12.2 Å². The molecule has 0 spiro atoms. The van der Waals surface area contributed by atoms with Gasteiger partial charge >= 0.3 is 0 Å². The average molecular weight is 342 g/mol. The molecule has 0 saturated heterocycles. The smallest absolute Gasteiger partial charge is 0.248 e. The van der Waals surface area contributed by atoms with Gasteiger partial charge in [0.1, 0.15) is 18.5 Å². The normalized spacial score (nSPS) is 13.2. The van der Waals surface area contributed by atoms with Crippen LogP contribution in [0.15, 0.2) is 54.6 Å². The third-order valence-electron chi connectivity index (χ3n) is 3.99. The van der Waals surface area contributed by atoms with Crippen molar-refractivity contribution in [3.8, 4) is 5.75 Å². The van der Waals surface area contributed by atoms with E-state index in [0.29, 0.717) is 12.1 Å². The number of hydrogen-bond acceptors (Lipinski definition) is 4. The van der Waals surface area contributed by atoms with Crippen molar-refractivity contribution in [1.82, 2.24) is 5.32 Å². The summed E-state index contributed by atoms with van der Waals surface area (Å²) < 4.78 is 5.53. The lowest BCUT2D eigenvalue weighted by Crippen LogP contribution is -2.36. The van der Waals surface area contributed by atoms with Crippen molar-refractivity contribution in [3.05, 3.63) is 65.7 Å². The Balaban J connectivity index is 1.64. The molecule has 0 fully saturated rings. The highest BCUT2D eigenvalue weighted by Gasteiger charge is 2.09. The molecule has 4 N–H and O–H groups in total. The molecule has 1 unspecified atom stereocenters. The fraction of sp³-hybridized carbons (Fsp3) is 0.350. The first-order valence-corrected chi connectivity index (χ1v) is 8.52. The highest BCUT2D eigenvalue weighted by Crippen LogP contribution is 2.09. The highest BCUT2D eigenvalue weighted by molar-refractivity contribution is 5.92. The Morgan fingerprint density at radius 3 is 2.48 bits per heavy atom. The second kappa shape index (κ2) is 9.81. The third kappa shape index (κ3) is 6.95. The number of ether oxygens (including phenoxy) is 1. The molecule has 134 valence electrons. The largest absolute Gasteiger partial charge is 0.491 e. The van der Waals surface area contributed by atoms with Gasteiger partial charge < -0.3 is 20.9 Å². The Bertz CT molecular complexity index is 644. The monoisotopic (exact) mass is 342 g/mol. The van der Waals surface area contributed by atoms with Crippen LogP contribution in [0.5, 0.6) is 5.75 Å². The number of nitrogens with two attached hydrogens (primary N) is 1. The summed E-state index contributed by atoms with van der Waals surface area (Å²) in [5.74, 6) is 0.349. The van der Waals surface area contributed by atoms with E-state index in [9.17, 15) is 9.90 Å². The van der Waals surface area contributed by atoms with Crippen LogP contribution in [0.2, 0.25) is 0 Å². The molecule has 2 aromatic rings. The number of carbonyl (C=O) groups is 1. The molecule has 0 aliphatic carbocycles. The molecule has 0 aliphatic rings. The number of hydrogen-bond donors (Lipinski definition) is 3. The minimum Gasteiger partial charge on any atom is -0.491 e. The molecule has 25 heavy (non-hydrogen) atoms. The topological polar surface area (TPSA) is 84.6 Å². The first-order valence-electron chi connectivity index (χ1n) is 8.52. The van der Waals surface area contributed by atoms with Gasteiger partial charge in [-0.15, -0.1) is 0 Å². The highest BCUT2D eigenvalue weighted by atomic mass is 16.5. The van der Waals surface area contributed by atoms with Crippen LogP contribution in [0.25, 0.3) is 0 Å². The lowest BCUT2D eigenvalue weighted by atomic mass is 10.0. The number of nitrogens with one attached hydrogen (secondary N) is 1. The minimum atomic E-state index is -0.558. The summed E-state index contributed by atoms with van der Waals surface area (Å²) in [6.07, 6.45) is 1.27. The van der Waals surface area contributed by atoms with Gasteiger partial charge in [-0.2, -0.15) is 0 Å². The zero-order valence-corrected chi connectivity index (χ0v) is 14.5. The summed E-state index contributed by atoms with van der Waals surface area (Å²) in [4.78, 5) is 11.0. The zero-order chi connectivity index (χ0) is 18.1. The standard InChI is InChI=1S/C20H26N2O3/c1-15(7-8-16-9-11-17(12-10-16)20(21)24)22-13-18(23)14-25-19-5-3-2-4-6-19/h2-6,9-12,15,18,22-23H,7-8,13-14H2,1H3,(H2,21,24)/t15?,18-/m0/s1. The van der Waals surface area contributed by atoms with Crippen LogP contribution in [0.3, 0.4) is 0 Å². The molecule has 2 aromatic carbocycles. The summed E-state index contributed by atoms with van der Waals surface area (Å²) in [7, 11) is 0. The lowest BCUT2D eigenvalue weighted by molar-refractivity contribution is 0.1000. The van der Waals surface area contributed by atoms with Gasteiger partial charge in [0.05, 0.1) is 0 Å². The fourth-order valence-corrected chi connectivity index (χ4v) is 2.43. The quantitative estimate of drug-likeness (QED) is 0.617. The van der Waals surface area contributed by atoms with Gasteiger partial charge in [0.15, 0.2) is 0 Å². The van der Waals surface area contributed by atoms with E-state index >= 15 is 0 Å². The van der Waals surface area contributed by atoms with Crippen LogP contribution in [0.4, 0.5) is 0 Å². The van der Waals surface area contributed by atoms with Crippen molar-refractivity contribution < 1.29 is 14.6 Å². The van der Waals surface area contributed by atoms with Gasteiger partial charge in [-0.3, -0.25) is 4.79 Å². The predicted molar refractivity (Wildman–Crippen MR) is 98.7 cm³/mol. The van der Waals surface area contributed by atoms with Gasteiger partial charge in [0.25, 0.3) is 0 Å². The van der Waals surface area contributed by atoms with Crippen molar-refractivity contribution in [2.24, 2.45) is 5.73 Å². The maximum atomic E-state index is 11.0. The van der Waals surface area contributed by atoms with Crippen LogP contribution in [0.1, 0.15) is 29.3 Å². The van der Waals surface area contributed by atoms with E-state index in [-0.39, 0.29) is 12.6 Å². The Morgan fingerprint density at radius 1 is 1.16 bits per heavy atom. The first-order chi connectivity index (χ1) is 12.0. The predicted octanol–water partition coefficient (Wildman–Crippen LogP) is 2.14. The number of rotatable bonds is 10. The number of aryl methyl sites for hydroxylation is 1.